The molecule has 1 fully saturated rings. The van der Waals surface area contributed by atoms with E-state index in [9.17, 15) is 4.79 Å². The van der Waals surface area contributed by atoms with Gasteiger partial charge in [-0.2, -0.15) is 11.8 Å². The van der Waals surface area contributed by atoms with Crippen LogP contribution in [0.5, 0.6) is 5.88 Å². The van der Waals surface area contributed by atoms with Crippen LogP contribution in [0.25, 0.3) is 0 Å². The van der Waals surface area contributed by atoms with Crippen molar-refractivity contribution in [2.45, 2.75) is 11.7 Å². The molecule has 1 aromatic carbocycles. The van der Waals surface area contributed by atoms with E-state index in [0.29, 0.717) is 16.7 Å². The maximum Gasteiger partial charge on any atom is 0.259 e. The quantitative estimate of drug-likeness (QED) is 0.866. The third-order valence-electron chi connectivity index (χ3n) is 3.99. The van der Waals surface area contributed by atoms with Crippen LogP contribution in [-0.2, 0) is 0 Å². The van der Waals surface area contributed by atoms with E-state index in [2.05, 4.69) is 29.2 Å². The van der Waals surface area contributed by atoms with Crippen LogP contribution in [0.3, 0.4) is 0 Å². The highest BCUT2D eigenvalue weighted by Crippen LogP contribution is 2.34. The van der Waals surface area contributed by atoms with Gasteiger partial charge >= 0.3 is 0 Å². The molecule has 5 heteroatoms. The van der Waals surface area contributed by atoms with E-state index in [1.54, 1.807) is 25.4 Å². The molecule has 1 aliphatic heterocycles. The summed E-state index contributed by atoms with van der Waals surface area (Å²) in [5.41, 5.74) is 1.88. The number of thioether (sulfide) groups is 1. The second-order valence-corrected chi connectivity index (χ2v) is 6.72. The van der Waals surface area contributed by atoms with Gasteiger partial charge in [0.15, 0.2) is 0 Å². The van der Waals surface area contributed by atoms with Crippen molar-refractivity contribution in [2.24, 2.45) is 0 Å². The number of pyridine rings is 1. The van der Waals surface area contributed by atoms with E-state index in [4.69, 9.17) is 4.74 Å². The molecule has 1 amide bonds. The smallest absolute Gasteiger partial charge is 0.259 e. The Balaban J connectivity index is 1.71. The average molecular weight is 328 g/mol. The molecule has 0 aliphatic carbocycles. The van der Waals surface area contributed by atoms with Gasteiger partial charge in [0.2, 0.25) is 5.88 Å². The standard InChI is InChI=1S/C18H20N2O2S/c1-22-17-15(8-5-10-19-17)18(21)20-11-9-16(23-13-12-20)14-6-3-2-4-7-14/h2-8,10,16H,9,11-13H2,1H3. The number of amides is 1. The number of methoxy groups -OCH3 is 1. The normalized spacial score (nSPS) is 18.3. The number of carbonyl (C=O) groups is 1. The predicted octanol–water partition coefficient (Wildman–Crippen LogP) is 3.41. The Kier molecular flexibility index (Phi) is 5.18. The van der Waals surface area contributed by atoms with Gasteiger partial charge in [0.25, 0.3) is 5.91 Å². The third kappa shape index (κ3) is 3.67. The first-order valence-corrected chi connectivity index (χ1v) is 8.79. The summed E-state index contributed by atoms with van der Waals surface area (Å²) in [7, 11) is 1.54. The van der Waals surface area contributed by atoms with Gasteiger partial charge in [-0.15, -0.1) is 0 Å². The number of rotatable bonds is 3. The first-order chi connectivity index (χ1) is 11.3. The molecule has 120 valence electrons. The SMILES string of the molecule is COc1ncccc1C(=O)N1CCSC(c2ccccc2)CC1. The van der Waals surface area contributed by atoms with Crippen molar-refractivity contribution in [1.82, 2.24) is 9.88 Å². The van der Waals surface area contributed by atoms with Crippen molar-refractivity contribution in [3.8, 4) is 5.88 Å². The Morgan fingerprint density at radius 3 is 2.83 bits per heavy atom. The Labute approximate surface area is 140 Å². The summed E-state index contributed by atoms with van der Waals surface area (Å²) in [6, 6.07) is 14.1. The number of hydrogen-bond donors (Lipinski definition) is 0. The van der Waals surface area contributed by atoms with E-state index in [0.717, 1.165) is 25.3 Å². The third-order valence-corrected chi connectivity index (χ3v) is 5.32. The lowest BCUT2D eigenvalue weighted by molar-refractivity contribution is 0.0762. The second-order valence-electron chi connectivity index (χ2n) is 5.41. The Bertz CT molecular complexity index is 663. The first kappa shape index (κ1) is 15.9. The molecule has 0 bridgehead atoms. The number of aromatic nitrogens is 1. The van der Waals surface area contributed by atoms with Gasteiger partial charge < -0.3 is 9.64 Å². The van der Waals surface area contributed by atoms with Gasteiger partial charge in [-0.3, -0.25) is 4.79 Å². The number of benzene rings is 1. The lowest BCUT2D eigenvalue weighted by Crippen LogP contribution is -2.33. The predicted molar refractivity (Wildman–Crippen MR) is 93.0 cm³/mol. The van der Waals surface area contributed by atoms with Gasteiger partial charge in [0.05, 0.1) is 7.11 Å². The zero-order valence-corrected chi connectivity index (χ0v) is 14.0. The van der Waals surface area contributed by atoms with Crippen molar-refractivity contribution < 1.29 is 9.53 Å². The summed E-state index contributed by atoms with van der Waals surface area (Å²) in [5.74, 6) is 1.34. The van der Waals surface area contributed by atoms with Gasteiger partial charge in [-0.25, -0.2) is 4.98 Å². The highest BCUT2D eigenvalue weighted by atomic mass is 32.2. The van der Waals surface area contributed by atoms with Crippen LogP contribution in [-0.4, -0.2) is 41.7 Å². The molecule has 23 heavy (non-hydrogen) atoms. The molecule has 2 heterocycles. The van der Waals surface area contributed by atoms with Crippen LogP contribution < -0.4 is 4.74 Å². The van der Waals surface area contributed by atoms with Crippen LogP contribution in [0.4, 0.5) is 0 Å². The zero-order chi connectivity index (χ0) is 16.1. The first-order valence-electron chi connectivity index (χ1n) is 7.74. The van der Waals surface area contributed by atoms with Crippen molar-refractivity contribution in [3.63, 3.8) is 0 Å². The van der Waals surface area contributed by atoms with Crippen LogP contribution in [0, 0.1) is 0 Å². The molecule has 3 rings (SSSR count). The van der Waals surface area contributed by atoms with E-state index in [1.807, 2.05) is 22.7 Å². The molecule has 1 unspecified atom stereocenters. The summed E-state index contributed by atoms with van der Waals surface area (Å²) in [5, 5.41) is 0.449. The summed E-state index contributed by atoms with van der Waals surface area (Å²) in [4.78, 5) is 18.8. The molecule has 1 atom stereocenters. The van der Waals surface area contributed by atoms with Crippen molar-refractivity contribution in [2.75, 3.05) is 26.0 Å². The fourth-order valence-corrected chi connectivity index (χ4v) is 4.03. The highest BCUT2D eigenvalue weighted by molar-refractivity contribution is 7.99. The minimum Gasteiger partial charge on any atom is -0.480 e. The van der Waals surface area contributed by atoms with Gasteiger partial charge in [-0.05, 0) is 24.1 Å². The largest absolute Gasteiger partial charge is 0.480 e. The molecule has 2 aromatic rings. The van der Waals surface area contributed by atoms with Crippen molar-refractivity contribution in [1.29, 1.82) is 0 Å². The van der Waals surface area contributed by atoms with Crippen LogP contribution in [0.1, 0.15) is 27.6 Å². The Morgan fingerprint density at radius 1 is 1.22 bits per heavy atom. The van der Waals surface area contributed by atoms with E-state index in [-0.39, 0.29) is 5.91 Å². The minimum atomic E-state index is 0.00395. The molecular weight excluding hydrogens is 308 g/mol. The van der Waals surface area contributed by atoms with Crippen LogP contribution in [0.2, 0.25) is 0 Å². The number of carbonyl (C=O) groups excluding carboxylic acids is 1. The number of nitrogens with zero attached hydrogens (tertiary/aromatic N) is 2. The van der Waals surface area contributed by atoms with Gasteiger partial charge in [0, 0.05) is 30.3 Å². The molecule has 1 aliphatic rings. The van der Waals surface area contributed by atoms with E-state index >= 15 is 0 Å². The lowest BCUT2D eigenvalue weighted by atomic mass is 10.1. The molecule has 0 N–H and O–H groups in total. The topological polar surface area (TPSA) is 42.4 Å². The molecule has 0 spiro atoms. The molecule has 0 radical (unpaired) electrons. The summed E-state index contributed by atoms with van der Waals surface area (Å²) in [6.45, 7) is 1.51. The fourth-order valence-electron chi connectivity index (χ4n) is 2.79. The average Bonchev–Trinajstić information content (AvgIpc) is 2.88. The summed E-state index contributed by atoms with van der Waals surface area (Å²) >= 11 is 1.92. The lowest BCUT2D eigenvalue weighted by Gasteiger charge is -2.21. The minimum absolute atomic E-state index is 0.00395. The van der Waals surface area contributed by atoms with Crippen LogP contribution in [0.15, 0.2) is 48.7 Å². The maximum atomic E-state index is 12.8. The fraction of sp³-hybridized carbons (Fsp3) is 0.333. The molecule has 1 aromatic heterocycles. The second kappa shape index (κ2) is 7.51. The van der Waals surface area contributed by atoms with E-state index < -0.39 is 0 Å². The van der Waals surface area contributed by atoms with E-state index in [1.165, 1.54) is 5.56 Å². The number of ether oxygens (including phenoxy) is 1. The number of hydrogen-bond acceptors (Lipinski definition) is 4. The van der Waals surface area contributed by atoms with Gasteiger partial charge in [0.1, 0.15) is 5.56 Å². The maximum absolute atomic E-state index is 12.8. The molecule has 0 saturated carbocycles. The Morgan fingerprint density at radius 2 is 2.04 bits per heavy atom. The molecular formula is C18H20N2O2S. The molecule has 1 saturated heterocycles. The molecule has 4 nitrogen and oxygen atoms in total. The highest BCUT2D eigenvalue weighted by Gasteiger charge is 2.24. The zero-order valence-electron chi connectivity index (χ0n) is 13.1. The Hall–Kier alpha value is -2.01. The van der Waals surface area contributed by atoms with Crippen LogP contribution >= 0.6 is 11.8 Å². The van der Waals surface area contributed by atoms with Crippen molar-refractivity contribution in [3.05, 3.63) is 59.8 Å². The van der Waals surface area contributed by atoms with Crippen molar-refractivity contribution >= 4 is 17.7 Å². The summed E-state index contributed by atoms with van der Waals surface area (Å²) in [6.07, 6.45) is 2.60. The summed E-state index contributed by atoms with van der Waals surface area (Å²) < 4.78 is 5.22. The monoisotopic (exact) mass is 328 g/mol. The van der Waals surface area contributed by atoms with Gasteiger partial charge in [-0.1, -0.05) is 30.3 Å².